The van der Waals surface area contributed by atoms with Crippen molar-refractivity contribution in [1.82, 2.24) is 4.90 Å². The number of anilines is 2. The molecule has 4 aliphatic rings. The number of hydrogen-bond acceptors (Lipinski definition) is 7. The van der Waals surface area contributed by atoms with Gasteiger partial charge < -0.3 is 20.1 Å². The molecule has 0 unspecified atom stereocenters. The van der Waals surface area contributed by atoms with Gasteiger partial charge in [0.25, 0.3) is 0 Å². The molecule has 5 atom stereocenters. The molecule has 3 fully saturated rings. The predicted molar refractivity (Wildman–Crippen MR) is 123 cm³/mol. The van der Waals surface area contributed by atoms with Crippen LogP contribution in [0.4, 0.5) is 11.4 Å². The number of ether oxygens (including phenoxy) is 1. The maximum Gasteiger partial charge on any atom is 0.311 e. The van der Waals surface area contributed by atoms with E-state index in [2.05, 4.69) is 29.7 Å². The number of piperazine rings is 1. The SMILES string of the molecule is C[C@@H]1CCC[C@@]2(C)C[C@H]3OC(=O)[C@@H](CN4CCN(c5ccc(N([O-])O)cc5)CC4)[C@@H]3C=C12. The monoisotopic (exact) mass is 440 g/mol. The summed E-state index contributed by atoms with van der Waals surface area (Å²) >= 11 is 0. The van der Waals surface area contributed by atoms with E-state index in [1.54, 1.807) is 17.7 Å². The highest BCUT2D eigenvalue weighted by Gasteiger charge is 2.52. The summed E-state index contributed by atoms with van der Waals surface area (Å²) in [6.07, 6.45) is 7.19. The van der Waals surface area contributed by atoms with Crippen LogP contribution in [-0.4, -0.2) is 54.9 Å². The van der Waals surface area contributed by atoms with Gasteiger partial charge in [-0.3, -0.25) is 14.9 Å². The fourth-order valence-corrected chi connectivity index (χ4v) is 6.52. The summed E-state index contributed by atoms with van der Waals surface area (Å²) < 4.78 is 5.92. The normalized spacial score (nSPS) is 35.1. The van der Waals surface area contributed by atoms with Gasteiger partial charge in [-0.1, -0.05) is 31.9 Å². The largest absolute Gasteiger partial charge is 0.733 e. The summed E-state index contributed by atoms with van der Waals surface area (Å²) in [7, 11) is 0. The highest BCUT2D eigenvalue weighted by Crippen LogP contribution is 2.54. The van der Waals surface area contributed by atoms with E-state index < -0.39 is 0 Å². The van der Waals surface area contributed by atoms with Crippen molar-refractivity contribution < 1.29 is 14.7 Å². The summed E-state index contributed by atoms with van der Waals surface area (Å²) in [5, 5.41) is 19.9. The zero-order valence-electron chi connectivity index (χ0n) is 19.1. The number of fused-ring (bicyclic) bond motifs is 2. The van der Waals surface area contributed by atoms with Crippen LogP contribution in [0, 0.1) is 28.4 Å². The van der Waals surface area contributed by atoms with Crippen molar-refractivity contribution in [2.45, 2.75) is 45.6 Å². The fourth-order valence-electron chi connectivity index (χ4n) is 6.52. The number of esters is 1. The van der Waals surface area contributed by atoms with Gasteiger partial charge in [-0.25, -0.2) is 0 Å². The lowest BCUT2D eigenvalue weighted by Gasteiger charge is -2.46. The Morgan fingerprint density at radius 3 is 2.62 bits per heavy atom. The Morgan fingerprint density at radius 2 is 1.94 bits per heavy atom. The zero-order chi connectivity index (χ0) is 22.5. The van der Waals surface area contributed by atoms with Crippen LogP contribution in [0.25, 0.3) is 0 Å². The van der Waals surface area contributed by atoms with Crippen molar-refractivity contribution in [3.8, 4) is 0 Å². The zero-order valence-corrected chi connectivity index (χ0v) is 19.1. The molecule has 32 heavy (non-hydrogen) atoms. The van der Waals surface area contributed by atoms with Gasteiger partial charge in [0.05, 0.1) is 11.6 Å². The molecule has 174 valence electrons. The highest BCUT2D eigenvalue weighted by molar-refractivity contribution is 5.76. The maximum atomic E-state index is 12.8. The van der Waals surface area contributed by atoms with Crippen molar-refractivity contribution >= 4 is 17.3 Å². The molecule has 0 radical (unpaired) electrons. The molecule has 0 amide bonds. The molecule has 2 saturated heterocycles. The lowest BCUT2D eigenvalue weighted by Crippen LogP contribution is -2.49. The number of allylic oxidation sites excluding steroid dienone is 1. The van der Waals surface area contributed by atoms with Gasteiger partial charge in [-0.2, -0.15) is 0 Å². The van der Waals surface area contributed by atoms with Crippen molar-refractivity contribution in [1.29, 1.82) is 0 Å². The molecule has 7 nitrogen and oxygen atoms in total. The molecule has 7 heteroatoms. The summed E-state index contributed by atoms with van der Waals surface area (Å²) in [5.41, 5.74) is 3.04. The molecule has 2 aliphatic carbocycles. The molecular weight excluding hydrogens is 406 g/mol. The van der Waals surface area contributed by atoms with Crippen molar-refractivity contribution in [3.05, 3.63) is 41.1 Å². The van der Waals surface area contributed by atoms with Gasteiger partial charge >= 0.3 is 5.97 Å². The molecule has 0 bridgehead atoms. The first-order valence-electron chi connectivity index (χ1n) is 12.0. The number of nitrogens with zero attached hydrogens (tertiary/aromatic N) is 3. The van der Waals surface area contributed by atoms with Crippen molar-refractivity contribution in [2.24, 2.45) is 23.2 Å². The summed E-state index contributed by atoms with van der Waals surface area (Å²) in [4.78, 5) is 17.5. The third-order valence-corrected chi connectivity index (χ3v) is 8.34. The summed E-state index contributed by atoms with van der Waals surface area (Å²) in [6.45, 7) is 8.99. The number of carbonyl (C=O) groups is 1. The Balaban J connectivity index is 1.23. The molecule has 2 heterocycles. The topological polar surface area (TPSA) is 79.3 Å². The average Bonchev–Trinajstić information content (AvgIpc) is 3.06. The lowest BCUT2D eigenvalue weighted by atomic mass is 9.59. The van der Waals surface area contributed by atoms with E-state index in [9.17, 15) is 10.0 Å². The maximum absolute atomic E-state index is 12.8. The van der Waals surface area contributed by atoms with Gasteiger partial charge in [-0.05, 0) is 54.9 Å². The highest BCUT2D eigenvalue weighted by atomic mass is 16.8. The van der Waals surface area contributed by atoms with E-state index >= 15 is 0 Å². The first-order chi connectivity index (χ1) is 15.3. The Kier molecular flexibility index (Phi) is 5.68. The molecule has 2 aliphatic heterocycles. The summed E-state index contributed by atoms with van der Waals surface area (Å²) in [6, 6.07) is 6.98. The number of hydrogen-bond donors (Lipinski definition) is 1. The van der Waals surface area contributed by atoms with Gasteiger partial charge in [0.2, 0.25) is 0 Å². The Hall–Kier alpha value is -2.09. The van der Waals surface area contributed by atoms with E-state index in [0.29, 0.717) is 5.92 Å². The Morgan fingerprint density at radius 1 is 1.22 bits per heavy atom. The molecule has 1 aromatic carbocycles. The van der Waals surface area contributed by atoms with Gasteiger partial charge in [0, 0.05) is 44.3 Å². The van der Waals surface area contributed by atoms with Crippen LogP contribution in [0.1, 0.15) is 39.5 Å². The van der Waals surface area contributed by atoms with Crippen LogP contribution in [0.2, 0.25) is 0 Å². The number of rotatable bonds is 4. The van der Waals surface area contributed by atoms with Crippen LogP contribution in [0.15, 0.2) is 35.9 Å². The van der Waals surface area contributed by atoms with Crippen LogP contribution >= 0.6 is 0 Å². The van der Waals surface area contributed by atoms with Gasteiger partial charge in [-0.15, -0.1) is 0 Å². The second kappa shape index (κ2) is 8.36. The molecule has 0 spiro atoms. The fraction of sp³-hybridized carbons (Fsp3) is 0.640. The van der Waals surface area contributed by atoms with Crippen LogP contribution in [0.5, 0.6) is 0 Å². The molecule has 0 aromatic heterocycles. The van der Waals surface area contributed by atoms with E-state index in [1.165, 1.54) is 19.3 Å². The minimum Gasteiger partial charge on any atom is -0.733 e. The molecule has 1 saturated carbocycles. The smallest absolute Gasteiger partial charge is 0.311 e. The molecule has 1 aromatic rings. The first-order valence-corrected chi connectivity index (χ1v) is 12.0. The lowest BCUT2D eigenvalue weighted by molar-refractivity contribution is -0.145. The first kappa shape index (κ1) is 21.7. The second-order valence-electron chi connectivity index (χ2n) is 10.4. The van der Waals surface area contributed by atoms with E-state index in [0.717, 1.165) is 44.8 Å². The van der Waals surface area contributed by atoms with Crippen LogP contribution < -0.4 is 10.1 Å². The summed E-state index contributed by atoms with van der Waals surface area (Å²) in [5.74, 6) is 0.742. The van der Waals surface area contributed by atoms with Crippen LogP contribution in [-0.2, 0) is 9.53 Å². The Labute approximate surface area is 190 Å². The Bertz CT molecular complexity index is 878. The third-order valence-electron chi connectivity index (χ3n) is 8.34. The minimum absolute atomic E-state index is 0.0176. The second-order valence-corrected chi connectivity index (χ2v) is 10.4. The van der Waals surface area contributed by atoms with E-state index in [1.807, 2.05) is 12.1 Å². The predicted octanol–water partition coefficient (Wildman–Crippen LogP) is 3.82. The van der Waals surface area contributed by atoms with Crippen molar-refractivity contribution in [3.63, 3.8) is 0 Å². The number of carbonyl (C=O) groups excluding carboxylic acids is 1. The quantitative estimate of drug-likeness (QED) is 0.433. The number of benzene rings is 1. The average molecular weight is 441 g/mol. The minimum atomic E-state index is -0.118. The van der Waals surface area contributed by atoms with Gasteiger partial charge in [0.15, 0.2) is 0 Å². The molecule has 5 rings (SSSR count). The van der Waals surface area contributed by atoms with Gasteiger partial charge in [0.1, 0.15) is 6.10 Å². The van der Waals surface area contributed by atoms with E-state index in [-0.39, 0.29) is 40.2 Å². The van der Waals surface area contributed by atoms with Crippen molar-refractivity contribution in [2.75, 3.05) is 42.9 Å². The standard InChI is InChI=1S/C25H34N3O4/c1-17-4-3-9-25(2)15-23-20(14-22(17)25)21(24(29)32-23)16-26-10-12-27(13-11-26)18-5-7-19(8-6-18)28(30)31/h5-8,14,17,20-21,23,30H,3-4,9-13,15-16H2,1-2H3/q-1/t17-,20+,21+,23-,25+/m1/s1. The molecular formula is C25H34N3O4-. The van der Waals surface area contributed by atoms with Crippen LogP contribution in [0.3, 0.4) is 0 Å². The molecule has 1 N–H and O–H groups in total. The van der Waals surface area contributed by atoms with E-state index in [4.69, 9.17) is 9.94 Å². The third kappa shape index (κ3) is 3.91.